The second-order valence-electron chi connectivity index (χ2n) is 7.60. The van der Waals surface area contributed by atoms with Crippen molar-refractivity contribution in [3.05, 3.63) is 89.5 Å². The minimum Gasteiger partial charge on any atom is -0.497 e. The van der Waals surface area contributed by atoms with Crippen LogP contribution in [0.25, 0.3) is 0 Å². The van der Waals surface area contributed by atoms with E-state index in [1.165, 1.54) is 4.31 Å². The first-order valence-electron chi connectivity index (χ1n) is 10.4. The fraction of sp³-hybridized carbons (Fsp3) is 0.240. The molecule has 0 heterocycles. The SMILES string of the molecule is COc1ccc(CNC(=O)CCN(c2ccc(C)cc2)S(=O)(=O)c2ccc(C)cc2)cc1. The van der Waals surface area contributed by atoms with Crippen molar-refractivity contribution in [3.63, 3.8) is 0 Å². The number of benzene rings is 3. The van der Waals surface area contributed by atoms with Crippen molar-refractivity contribution >= 4 is 21.6 Å². The van der Waals surface area contributed by atoms with E-state index in [-0.39, 0.29) is 23.8 Å². The Morgan fingerprint density at radius 1 is 0.875 bits per heavy atom. The molecule has 0 aliphatic heterocycles. The van der Waals surface area contributed by atoms with Crippen molar-refractivity contribution < 1.29 is 17.9 Å². The minimum absolute atomic E-state index is 0.0354. The van der Waals surface area contributed by atoms with Gasteiger partial charge in [-0.05, 0) is 55.8 Å². The van der Waals surface area contributed by atoms with Crippen molar-refractivity contribution in [2.75, 3.05) is 18.0 Å². The highest BCUT2D eigenvalue weighted by molar-refractivity contribution is 7.92. The zero-order valence-electron chi connectivity index (χ0n) is 18.5. The van der Waals surface area contributed by atoms with E-state index < -0.39 is 10.0 Å². The lowest BCUT2D eigenvalue weighted by molar-refractivity contribution is -0.121. The molecule has 6 nitrogen and oxygen atoms in total. The second kappa shape index (κ2) is 10.3. The van der Waals surface area contributed by atoms with Crippen LogP contribution < -0.4 is 14.4 Å². The average molecular weight is 453 g/mol. The molecule has 0 aliphatic carbocycles. The molecule has 0 saturated carbocycles. The molecular weight excluding hydrogens is 424 g/mol. The van der Waals surface area contributed by atoms with Gasteiger partial charge in [0.15, 0.2) is 0 Å². The second-order valence-corrected chi connectivity index (χ2v) is 9.46. The van der Waals surface area contributed by atoms with Crippen LogP contribution >= 0.6 is 0 Å². The number of aryl methyl sites for hydroxylation is 2. The lowest BCUT2D eigenvalue weighted by atomic mass is 10.2. The van der Waals surface area contributed by atoms with Crippen LogP contribution in [0.5, 0.6) is 5.75 Å². The van der Waals surface area contributed by atoms with E-state index in [0.29, 0.717) is 12.2 Å². The van der Waals surface area contributed by atoms with Crippen LogP contribution in [-0.4, -0.2) is 28.0 Å². The Morgan fingerprint density at radius 2 is 1.44 bits per heavy atom. The van der Waals surface area contributed by atoms with E-state index >= 15 is 0 Å². The van der Waals surface area contributed by atoms with Crippen LogP contribution in [0.1, 0.15) is 23.1 Å². The summed E-state index contributed by atoms with van der Waals surface area (Å²) in [5, 5.41) is 2.85. The Bertz CT molecular complexity index is 1140. The summed E-state index contributed by atoms with van der Waals surface area (Å²) in [5.41, 5.74) is 3.46. The molecule has 0 bridgehead atoms. The van der Waals surface area contributed by atoms with Crippen LogP contribution in [-0.2, 0) is 21.4 Å². The van der Waals surface area contributed by atoms with E-state index in [9.17, 15) is 13.2 Å². The Labute approximate surface area is 189 Å². The van der Waals surface area contributed by atoms with Gasteiger partial charge in [-0.25, -0.2) is 8.42 Å². The van der Waals surface area contributed by atoms with Gasteiger partial charge in [0.05, 0.1) is 17.7 Å². The molecule has 3 aromatic rings. The highest BCUT2D eigenvalue weighted by atomic mass is 32.2. The fourth-order valence-corrected chi connectivity index (χ4v) is 4.64. The van der Waals surface area contributed by atoms with Crippen LogP contribution in [0.15, 0.2) is 77.7 Å². The molecular formula is C25H28N2O4S. The summed E-state index contributed by atoms with van der Waals surface area (Å²) in [6.07, 6.45) is 0.0368. The summed E-state index contributed by atoms with van der Waals surface area (Å²) in [6.45, 7) is 4.24. The monoisotopic (exact) mass is 452 g/mol. The number of carbonyl (C=O) groups is 1. The summed E-state index contributed by atoms with van der Waals surface area (Å²) in [5.74, 6) is 0.521. The number of amides is 1. The molecule has 0 saturated heterocycles. The zero-order chi connectivity index (χ0) is 23.1. The van der Waals surface area contributed by atoms with Gasteiger partial charge >= 0.3 is 0 Å². The number of carbonyl (C=O) groups excluding carboxylic acids is 1. The van der Waals surface area contributed by atoms with Crippen molar-refractivity contribution in [1.29, 1.82) is 0 Å². The number of ether oxygens (including phenoxy) is 1. The maximum atomic E-state index is 13.4. The van der Waals surface area contributed by atoms with Gasteiger partial charge in [0.25, 0.3) is 10.0 Å². The zero-order valence-corrected chi connectivity index (χ0v) is 19.4. The highest BCUT2D eigenvalue weighted by Gasteiger charge is 2.25. The largest absolute Gasteiger partial charge is 0.497 e. The normalized spacial score (nSPS) is 11.1. The lowest BCUT2D eigenvalue weighted by Crippen LogP contribution is -2.35. The lowest BCUT2D eigenvalue weighted by Gasteiger charge is -2.24. The molecule has 0 atom stereocenters. The van der Waals surface area contributed by atoms with E-state index in [1.807, 2.05) is 50.2 Å². The topological polar surface area (TPSA) is 75.7 Å². The molecule has 0 unspecified atom stereocenters. The predicted octanol–water partition coefficient (Wildman–Crippen LogP) is 4.21. The van der Waals surface area contributed by atoms with Crippen LogP contribution in [0, 0.1) is 13.8 Å². The van der Waals surface area contributed by atoms with Gasteiger partial charge in [0.2, 0.25) is 5.91 Å². The van der Waals surface area contributed by atoms with Gasteiger partial charge in [0.1, 0.15) is 5.75 Å². The average Bonchev–Trinajstić information content (AvgIpc) is 2.79. The number of rotatable bonds is 9. The maximum absolute atomic E-state index is 13.4. The van der Waals surface area contributed by atoms with Crippen LogP contribution in [0.3, 0.4) is 0 Å². The van der Waals surface area contributed by atoms with E-state index in [0.717, 1.165) is 22.4 Å². The number of hydrogen-bond acceptors (Lipinski definition) is 4. The van der Waals surface area contributed by atoms with Crippen molar-refractivity contribution in [1.82, 2.24) is 5.32 Å². The van der Waals surface area contributed by atoms with Crippen molar-refractivity contribution in [2.45, 2.75) is 31.7 Å². The Hall–Kier alpha value is -3.32. The van der Waals surface area contributed by atoms with Crippen molar-refractivity contribution in [3.8, 4) is 5.75 Å². The van der Waals surface area contributed by atoms with Gasteiger partial charge < -0.3 is 10.1 Å². The first-order chi connectivity index (χ1) is 15.3. The highest BCUT2D eigenvalue weighted by Crippen LogP contribution is 2.24. The first-order valence-corrected chi connectivity index (χ1v) is 11.8. The van der Waals surface area contributed by atoms with E-state index in [4.69, 9.17) is 4.74 Å². The molecule has 3 aromatic carbocycles. The molecule has 0 aliphatic rings. The van der Waals surface area contributed by atoms with E-state index in [2.05, 4.69) is 5.32 Å². The van der Waals surface area contributed by atoms with Gasteiger partial charge in [-0.2, -0.15) is 0 Å². The third-order valence-electron chi connectivity index (χ3n) is 5.12. The molecule has 168 valence electrons. The summed E-state index contributed by atoms with van der Waals surface area (Å²) in [6, 6.07) is 21.4. The summed E-state index contributed by atoms with van der Waals surface area (Å²) in [7, 11) is -2.22. The first kappa shape index (κ1) is 23.3. The van der Waals surface area contributed by atoms with E-state index in [1.54, 1.807) is 43.5 Å². The molecule has 1 N–H and O–H groups in total. The number of anilines is 1. The third-order valence-corrected chi connectivity index (χ3v) is 6.96. The molecule has 1 amide bonds. The standard InChI is InChI=1S/C25H28N2O4S/c1-19-4-10-22(11-5-19)27(32(29,30)24-14-6-20(2)7-15-24)17-16-25(28)26-18-21-8-12-23(31-3)13-9-21/h4-15H,16-18H2,1-3H3,(H,26,28). The summed E-state index contributed by atoms with van der Waals surface area (Å²) < 4.78 is 33.2. The van der Waals surface area contributed by atoms with Crippen LogP contribution in [0.4, 0.5) is 5.69 Å². The summed E-state index contributed by atoms with van der Waals surface area (Å²) >= 11 is 0. The number of nitrogens with zero attached hydrogens (tertiary/aromatic N) is 1. The molecule has 32 heavy (non-hydrogen) atoms. The Balaban J connectivity index is 1.73. The van der Waals surface area contributed by atoms with Crippen molar-refractivity contribution in [2.24, 2.45) is 0 Å². The molecule has 0 aromatic heterocycles. The quantitative estimate of drug-likeness (QED) is 0.528. The molecule has 0 fully saturated rings. The number of sulfonamides is 1. The van der Waals surface area contributed by atoms with Gasteiger partial charge in [-0.1, -0.05) is 47.5 Å². The smallest absolute Gasteiger partial charge is 0.264 e. The molecule has 7 heteroatoms. The van der Waals surface area contributed by atoms with Gasteiger partial charge in [-0.3, -0.25) is 9.10 Å². The molecule has 0 spiro atoms. The number of methoxy groups -OCH3 is 1. The molecule has 0 radical (unpaired) electrons. The number of nitrogens with one attached hydrogen (secondary N) is 1. The summed E-state index contributed by atoms with van der Waals surface area (Å²) in [4.78, 5) is 12.7. The number of hydrogen-bond donors (Lipinski definition) is 1. The van der Waals surface area contributed by atoms with Gasteiger partial charge in [-0.15, -0.1) is 0 Å². The minimum atomic E-state index is -3.81. The maximum Gasteiger partial charge on any atom is 0.264 e. The molecule has 3 rings (SSSR count). The third kappa shape index (κ3) is 5.88. The Kier molecular flexibility index (Phi) is 7.53. The predicted molar refractivity (Wildman–Crippen MR) is 126 cm³/mol. The fourth-order valence-electron chi connectivity index (χ4n) is 3.17. The van der Waals surface area contributed by atoms with Gasteiger partial charge in [0, 0.05) is 19.5 Å². The Morgan fingerprint density at radius 3 is 2.00 bits per heavy atom. The van der Waals surface area contributed by atoms with Crippen LogP contribution in [0.2, 0.25) is 0 Å².